The summed E-state index contributed by atoms with van der Waals surface area (Å²) in [5.41, 5.74) is 1.28. The second-order valence-electron chi connectivity index (χ2n) is 5.85. The fourth-order valence-electron chi connectivity index (χ4n) is 1.93. The molecule has 2 N–H and O–H groups in total. The molecular formula is C16H18BrN3O3. The lowest BCUT2D eigenvalue weighted by atomic mass is 10.1. The van der Waals surface area contributed by atoms with E-state index in [1.807, 2.05) is 25.1 Å². The molecule has 0 aliphatic carbocycles. The first-order valence-electron chi connectivity index (χ1n) is 7.03. The minimum atomic E-state index is -1.18. The first kappa shape index (κ1) is 17.2. The van der Waals surface area contributed by atoms with Crippen LogP contribution in [-0.4, -0.2) is 26.8 Å². The van der Waals surface area contributed by atoms with E-state index in [-0.39, 0.29) is 12.3 Å². The van der Waals surface area contributed by atoms with Crippen molar-refractivity contribution >= 4 is 33.5 Å². The summed E-state index contributed by atoms with van der Waals surface area (Å²) >= 11 is 3.44. The maximum atomic E-state index is 12.1. The lowest BCUT2D eigenvalue weighted by molar-refractivity contribution is -0.146. The highest BCUT2D eigenvalue weighted by Crippen LogP contribution is 2.19. The van der Waals surface area contributed by atoms with E-state index in [2.05, 4.69) is 26.3 Å². The van der Waals surface area contributed by atoms with E-state index in [4.69, 9.17) is 0 Å². The minimum absolute atomic E-state index is 0.187. The van der Waals surface area contributed by atoms with E-state index in [1.165, 1.54) is 30.9 Å². The molecule has 1 aromatic carbocycles. The number of nitrogens with one attached hydrogen (secondary N) is 1. The summed E-state index contributed by atoms with van der Waals surface area (Å²) in [6.07, 6.45) is 3.18. The van der Waals surface area contributed by atoms with Crippen molar-refractivity contribution in [1.29, 1.82) is 0 Å². The number of aliphatic carboxylic acids is 1. The third kappa shape index (κ3) is 3.98. The van der Waals surface area contributed by atoms with Gasteiger partial charge in [0.25, 0.3) is 0 Å². The van der Waals surface area contributed by atoms with Crippen LogP contribution in [-0.2, 0) is 21.5 Å². The number of nitrogens with zero attached hydrogens (tertiary/aromatic N) is 2. The number of hydrogen-bond donors (Lipinski definition) is 2. The number of carboxylic acids is 1. The maximum absolute atomic E-state index is 12.1. The number of carboxylic acid groups (broad SMARTS) is 1. The first-order chi connectivity index (χ1) is 10.7. The van der Waals surface area contributed by atoms with Crippen molar-refractivity contribution in [1.82, 2.24) is 9.78 Å². The van der Waals surface area contributed by atoms with E-state index in [9.17, 15) is 14.7 Å². The Morgan fingerprint density at radius 1 is 1.39 bits per heavy atom. The standard InChI is InChI=1S/C16H18BrN3O3/c1-10-4-5-11(6-13(10)17)7-14(21)19-12-8-18-20(9-12)16(2,3)15(22)23/h4-6,8-9H,7H2,1-3H3,(H,19,21)(H,22,23). The van der Waals surface area contributed by atoms with Gasteiger partial charge < -0.3 is 10.4 Å². The van der Waals surface area contributed by atoms with Crippen molar-refractivity contribution in [3.05, 3.63) is 46.2 Å². The van der Waals surface area contributed by atoms with Crippen LogP contribution in [0.4, 0.5) is 5.69 Å². The summed E-state index contributed by atoms with van der Waals surface area (Å²) in [6.45, 7) is 5.06. The fourth-order valence-corrected chi connectivity index (χ4v) is 2.35. The second kappa shape index (κ2) is 6.54. The number of anilines is 1. The van der Waals surface area contributed by atoms with E-state index >= 15 is 0 Å². The zero-order chi connectivity index (χ0) is 17.2. The highest BCUT2D eigenvalue weighted by Gasteiger charge is 2.30. The van der Waals surface area contributed by atoms with Gasteiger partial charge in [-0.2, -0.15) is 5.10 Å². The molecular weight excluding hydrogens is 362 g/mol. The lowest BCUT2D eigenvalue weighted by Gasteiger charge is -2.19. The van der Waals surface area contributed by atoms with Crippen LogP contribution in [0.5, 0.6) is 0 Å². The Morgan fingerprint density at radius 2 is 2.09 bits per heavy atom. The van der Waals surface area contributed by atoms with Crippen LogP contribution in [0.3, 0.4) is 0 Å². The molecule has 6 nitrogen and oxygen atoms in total. The largest absolute Gasteiger partial charge is 0.479 e. The molecule has 2 aromatic rings. The van der Waals surface area contributed by atoms with E-state index in [1.54, 1.807) is 0 Å². The number of rotatable bonds is 5. The minimum Gasteiger partial charge on any atom is -0.479 e. The summed E-state index contributed by atoms with van der Waals surface area (Å²) < 4.78 is 2.27. The molecule has 0 saturated carbocycles. The first-order valence-corrected chi connectivity index (χ1v) is 7.83. The predicted molar refractivity (Wildman–Crippen MR) is 90.4 cm³/mol. The van der Waals surface area contributed by atoms with Crippen LogP contribution in [0.25, 0.3) is 0 Å². The molecule has 0 fully saturated rings. The molecule has 0 bridgehead atoms. The van der Waals surface area contributed by atoms with Crippen LogP contribution >= 0.6 is 15.9 Å². The van der Waals surface area contributed by atoms with Crippen molar-refractivity contribution in [2.75, 3.05) is 5.32 Å². The summed E-state index contributed by atoms with van der Waals surface area (Å²) in [4.78, 5) is 23.3. The van der Waals surface area contributed by atoms with Crippen molar-refractivity contribution in [3.8, 4) is 0 Å². The van der Waals surface area contributed by atoms with Crippen molar-refractivity contribution in [2.45, 2.75) is 32.7 Å². The molecule has 23 heavy (non-hydrogen) atoms. The Bertz CT molecular complexity index is 753. The van der Waals surface area contributed by atoms with Crippen LogP contribution in [0, 0.1) is 6.92 Å². The maximum Gasteiger partial charge on any atom is 0.331 e. The van der Waals surface area contributed by atoms with E-state index in [0.717, 1.165) is 15.6 Å². The van der Waals surface area contributed by atoms with Gasteiger partial charge in [0.15, 0.2) is 5.54 Å². The molecule has 0 aliphatic rings. The SMILES string of the molecule is Cc1ccc(CC(=O)Nc2cnn(C(C)(C)C(=O)O)c2)cc1Br. The monoisotopic (exact) mass is 379 g/mol. The van der Waals surface area contributed by atoms with Gasteiger partial charge in [0.1, 0.15) is 0 Å². The number of halogens is 1. The van der Waals surface area contributed by atoms with Crippen LogP contribution < -0.4 is 5.32 Å². The van der Waals surface area contributed by atoms with E-state index in [0.29, 0.717) is 5.69 Å². The van der Waals surface area contributed by atoms with Crippen LogP contribution in [0.15, 0.2) is 35.1 Å². The number of carbonyl (C=O) groups excluding carboxylic acids is 1. The van der Waals surface area contributed by atoms with Crippen LogP contribution in [0.1, 0.15) is 25.0 Å². The molecule has 0 atom stereocenters. The van der Waals surface area contributed by atoms with Crippen molar-refractivity contribution in [2.24, 2.45) is 0 Å². The normalized spacial score (nSPS) is 11.3. The summed E-state index contributed by atoms with van der Waals surface area (Å²) in [5, 5.41) is 15.9. The average Bonchev–Trinajstić information content (AvgIpc) is 2.91. The van der Waals surface area contributed by atoms with E-state index < -0.39 is 11.5 Å². The van der Waals surface area contributed by atoms with Gasteiger partial charge in [-0.15, -0.1) is 0 Å². The van der Waals surface area contributed by atoms with Gasteiger partial charge in [-0.1, -0.05) is 28.1 Å². The molecule has 0 aliphatic heterocycles. The zero-order valence-corrected chi connectivity index (χ0v) is 14.7. The van der Waals surface area contributed by atoms with Crippen molar-refractivity contribution < 1.29 is 14.7 Å². The van der Waals surface area contributed by atoms with Gasteiger partial charge in [0.05, 0.1) is 18.3 Å². The Morgan fingerprint density at radius 3 is 2.70 bits per heavy atom. The molecule has 7 heteroatoms. The van der Waals surface area contributed by atoms with Gasteiger partial charge in [-0.05, 0) is 38.0 Å². The molecule has 1 amide bonds. The van der Waals surface area contributed by atoms with Gasteiger partial charge in [-0.3, -0.25) is 9.48 Å². The molecule has 1 aromatic heterocycles. The quantitative estimate of drug-likeness (QED) is 0.836. The average molecular weight is 380 g/mol. The Hall–Kier alpha value is -2.15. The Balaban J connectivity index is 2.05. The molecule has 122 valence electrons. The predicted octanol–water partition coefficient (Wildman–Crippen LogP) is 2.95. The lowest BCUT2D eigenvalue weighted by Crippen LogP contribution is -2.35. The fraction of sp³-hybridized carbons (Fsp3) is 0.312. The number of carbonyl (C=O) groups is 2. The molecule has 0 radical (unpaired) electrons. The number of aryl methyl sites for hydroxylation is 1. The molecule has 0 unspecified atom stereocenters. The van der Waals surface area contributed by atoms with Crippen molar-refractivity contribution in [3.63, 3.8) is 0 Å². The zero-order valence-electron chi connectivity index (χ0n) is 13.1. The number of amides is 1. The number of benzene rings is 1. The summed E-state index contributed by atoms with van der Waals surface area (Å²) in [7, 11) is 0. The number of hydrogen-bond acceptors (Lipinski definition) is 3. The summed E-state index contributed by atoms with van der Waals surface area (Å²) in [6, 6.07) is 5.75. The molecule has 2 rings (SSSR count). The third-order valence-corrected chi connectivity index (χ3v) is 4.42. The van der Waals surface area contributed by atoms with Gasteiger partial charge in [-0.25, -0.2) is 4.79 Å². The second-order valence-corrected chi connectivity index (χ2v) is 6.70. The molecule has 0 spiro atoms. The van der Waals surface area contributed by atoms with Gasteiger partial charge in [0.2, 0.25) is 5.91 Å². The summed E-state index contributed by atoms with van der Waals surface area (Å²) in [5.74, 6) is -1.18. The van der Waals surface area contributed by atoms with Gasteiger partial charge in [0, 0.05) is 10.7 Å². The van der Waals surface area contributed by atoms with Gasteiger partial charge >= 0.3 is 5.97 Å². The Kier molecular flexibility index (Phi) is 4.89. The highest BCUT2D eigenvalue weighted by molar-refractivity contribution is 9.10. The topological polar surface area (TPSA) is 84.2 Å². The Labute approximate surface area is 142 Å². The molecule has 1 heterocycles. The van der Waals surface area contributed by atoms with Crippen LogP contribution in [0.2, 0.25) is 0 Å². The smallest absolute Gasteiger partial charge is 0.331 e. The highest BCUT2D eigenvalue weighted by atomic mass is 79.9. The number of aromatic nitrogens is 2. The third-order valence-electron chi connectivity index (χ3n) is 3.56. The molecule has 0 saturated heterocycles.